The Morgan fingerprint density at radius 2 is 1.81 bits per heavy atom. The smallest absolute Gasteiger partial charge is 0.392 e. The molecule has 4 nitrogen and oxygen atoms in total. The van der Waals surface area contributed by atoms with Crippen molar-refractivity contribution in [2.24, 2.45) is 29.1 Å². The second kappa shape index (κ2) is 10.2. The molecular formula is C29H44F3NO3. The second-order valence-corrected chi connectivity index (χ2v) is 12.4. The fraction of sp³-hybridized carbons (Fsp3) is 0.793. The van der Waals surface area contributed by atoms with Gasteiger partial charge in [0.2, 0.25) is 0 Å². The number of aliphatic hydroxyl groups is 3. The molecule has 204 valence electrons. The van der Waals surface area contributed by atoms with Crippen molar-refractivity contribution >= 4 is 0 Å². The van der Waals surface area contributed by atoms with Crippen LogP contribution in [0.25, 0.3) is 0 Å². The Balaban J connectivity index is 1.42. The number of alkyl halides is 3. The molecule has 1 aliphatic heterocycles. The van der Waals surface area contributed by atoms with E-state index in [0.29, 0.717) is 29.7 Å². The lowest BCUT2D eigenvalue weighted by Crippen LogP contribution is -2.54. The molecule has 1 heterocycles. The van der Waals surface area contributed by atoms with Gasteiger partial charge in [-0.05, 0) is 85.7 Å². The zero-order valence-corrected chi connectivity index (χ0v) is 22.0. The SMILES string of the molecule is C=C1C(=CC=C2CCC[C@]3(C)[C@@H](C(C)CN4CCC(O)(C(F)(F)F)CC4)CC[C@@H]23)C[C@@H](O)[C@H](C)[C@@H]1O. The van der Waals surface area contributed by atoms with E-state index in [1.54, 1.807) is 0 Å². The Morgan fingerprint density at radius 1 is 1.14 bits per heavy atom. The zero-order chi connectivity index (χ0) is 26.5. The molecular weight excluding hydrogens is 467 g/mol. The number of rotatable bonds is 4. The van der Waals surface area contributed by atoms with Crippen LogP contribution >= 0.6 is 0 Å². The number of hydrogen-bond acceptors (Lipinski definition) is 4. The first kappa shape index (κ1) is 27.9. The lowest BCUT2D eigenvalue weighted by atomic mass is 9.61. The third kappa shape index (κ3) is 5.10. The number of likely N-dealkylation sites (tertiary alicyclic amines) is 1. The number of aliphatic hydroxyl groups excluding tert-OH is 2. The highest BCUT2D eigenvalue weighted by atomic mass is 19.4. The van der Waals surface area contributed by atoms with Crippen LogP contribution in [0.1, 0.15) is 72.1 Å². The molecule has 3 aliphatic carbocycles. The number of allylic oxidation sites excluding steroid dienone is 3. The van der Waals surface area contributed by atoms with E-state index in [2.05, 4.69) is 37.5 Å². The predicted molar refractivity (Wildman–Crippen MR) is 135 cm³/mol. The van der Waals surface area contributed by atoms with Gasteiger partial charge in [0.15, 0.2) is 5.60 Å². The highest BCUT2D eigenvalue weighted by molar-refractivity contribution is 5.39. The minimum atomic E-state index is -4.56. The molecule has 3 saturated carbocycles. The molecule has 0 radical (unpaired) electrons. The van der Waals surface area contributed by atoms with Gasteiger partial charge in [-0.2, -0.15) is 13.2 Å². The fourth-order valence-electron chi connectivity index (χ4n) is 7.78. The average molecular weight is 512 g/mol. The van der Waals surface area contributed by atoms with Crippen LogP contribution in [0.3, 0.4) is 0 Å². The van der Waals surface area contributed by atoms with Gasteiger partial charge < -0.3 is 20.2 Å². The van der Waals surface area contributed by atoms with Crippen LogP contribution in [0.2, 0.25) is 0 Å². The van der Waals surface area contributed by atoms with Gasteiger partial charge >= 0.3 is 6.18 Å². The third-order valence-corrected chi connectivity index (χ3v) is 10.3. The summed E-state index contributed by atoms with van der Waals surface area (Å²) in [5, 5.41) is 30.7. The van der Waals surface area contributed by atoms with Gasteiger partial charge in [-0.3, -0.25) is 0 Å². The van der Waals surface area contributed by atoms with Gasteiger partial charge in [-0.25, -0.2) is 0 Å². The molecule has 0 amide bonds. The molecule has 4 aliphatic rings. The van der Waals surface area contributed by atoms with Crippen molar-refractivity contribution < 1.29 is 28.5 Å². The van der Waals surface area contributed by atoms with Crippen LogP contribution in [0, 0.1) is 29.1 Å². The predicted octanol–water partition coefficient (Wildman–Crippen LogP) is 5.40. The highest BCUT2D eigenvalue weighted by Crippen LogP contribution is 2.59. The van der Waals surface area contributed by atoms with Crippen molar-refractivity contribution in [2.75, 3.05) is 19.6 Å². The summed E-state index contributed by atoms with van der Waals surface area (Å²) in [7, 11) is 0. The van der Waals surface area contributed by atoms with Crippen LogP contribution < -0.4 is 0 Å². The number of fused-ring (bicyclic) bond motifs is 1. The van der Waals surface area contributed by atoms with Crippen molar-refractivity contribution in [1.82, 2.24) is 4.90 Å². The summed E-state index contributed by atoms with van der Waals surface area (Å²) in [4.78, 5) is 2.11. The molecule has 7 heteroatoms. The van der Waals surface area contributed by atoms with Crippen LogP contribution in [0.5, 0.6) is 0 Å². The summed E-state index contributed by atoms with van der Waals surface area (Å²) in [5.74, 6) is 1.16. The molecule has 0 spiro atoms. The van der Waals surface area contributed by atoms with Crippen LogP contribution in [0.4, 0.5) is 13.2 Å². The lowest BCUT2D eigenvalue weighted by molar-refractivity contribution is -0.272. The van der Waals surface area contributed by atoms with E-state index >= 15 is 0 Å². The first-order valence-electron chi connectivity index (χ1n) is 13.7. The lowest BCUT2D eigenvalue weighted by Gasteiger charge is -2.46. The van der Waals surface area contributed by atoms with Gasteiger partial charge in [0, 0.05) is 25.6 Å². The minimum absolute atomic E-state index is 0.168. The second-order valence-electron chi connectivity index (χ2n) is 12.4. The summed E-state index contributed by atoms with van der Waals surface area (Å²) in [5.41, 5.74) is 0.707. The number of hydrogen-bond donors (Lipinski definition) is 3. The van der Waals surface area contributed by atoms with E-state index in [4.69, 9.17) is 0 Å². The van der Waals surface area contributed by atoms with E-state index in [-0.39, 0.29) is 37.3 Å². The highest BCUT2D eigenvalue weighted by Gasteiger charge is 2.55. The molecule has 0 aromatic rings. The van der Waals surface area contributed by atoms with E-state index in [9.17, 15) is 28.5 Å². The summed E-state index contributed by atoms with van der Waals surface area (Å²) in [6.07, 6.45) is 4.05. The monoisotopic (exact) mass is 511 g/mol. The molecule has 7 atom stereocenters. The van der Waals surface area contributed by atoms with E-state index in [1.807, 2.05) is 6.92 Å². The maximum atomic E-state index is 13.2. The van der Waals surface area contributed by atoms with Crippen molar-refractivity contribution in [3.05, 3.63) is 35.5 Å². The largest absolute Gasteiger partial charge is 0.417 e. The first-order chi connectivity index (χ1) is 16.8. The minimum Gasteiger partial charge on any atom is -0.392 e. The Kier molecular flexibility index (Phi) is 7.90. The number of halogens is 3. The summed E-state index contributed by atoms with van der Waals surface area (Å²) in [6.45, 7) is 11.9. The van der Waals surface area contributed by atoms with Crippen molar-refractivity contribution in [2.45, 2.75) is 96.1 Å². The van der Waals surface area contributed by atoms with Crippen molar-refractivity contribution in [3.8, 4) is 0 Å². The molecule has 0 bridgehead atoms. The molecule has 1 unspecified atom stereocenters. The van der Waals surface area contributed by atoms with E-state index in [0.717, 1.165) is 44.2 Å². The molecule has 0 aromatic carbocycles. The van der Waals surface area contributed by atoms with Crippen LogP contribution in [-0.2, 0) is 0 Å². The van der Waals surface area contributed by atoms with Gasteiger partial charge in [0.05, 0.1) is 12.2 Å². The fourth-order valence-corrected chi connectivity index (χ4v) is 7.78. The Hall–Kier alpha value is -1.15. The average Bonchev–Trinajstić information content (AvgIpc) is 3.17. The summed E-state index contributed by atoms with van der Waals surface area (Å²) in [6, 6.07) is 0. The molecule has 1 saturated heterocycles. The Bertz CT molecular complexity index is 889. The van der Waals surface area contributed by atoms with Gasteiger partial charge in [0.1, 0.15) is 0 Å². The normalized spacial score (nSPS) is 41.0. The van der Waals surface area contributed by atoms with Crippen LogP contribution in [-0.4, -0.2) is 63.8 Å². The third-order valence-electron chi connectivity index (χ3n) is 10.3. The van der Waals surface area contributed by atoms with Gasteiger partial charge in [-0.15, -0.1) is 0 Å². The van der Waals surface area contributed by atoms with Gasteiger partial charge in [0.25, 0.3) is 0 Å². The maximum Gasteiger partial charge on any atom is 0.417 e. The van der Waals surface area contributed by atoms with E-state index in [1.165, 1.54) is 5.57 Å². The number of nitrogens with zero attached hydrogens (tertiary/aromatic N) is 1. The summed E-state index contributed by atoms with van der Waals surface area (Å²) >= 11 is 0. The zero-order valence-electron chi connectivity index (χ0n) is 22.0. The molecule has 0 aromatic heterocycles. The summed E-state index contributed by atoms with van der Waals surface area (Å²) < 4.78 is 39.6. The van der Waals surface area contributed by atoms with Crippen molar-refractivity contribution in [3.63, 3.8) is 0 Å². The standard InChI is InChI=1S/C29H44F3NO3/c1-18(17-33-14-12-28(36,13-15-33)29(30,31)32)23-9-10-24-21(6-5-11-27(23,24)4)7-8-22-16-25(34)20(3)26(35)19(22)2/h7-8,18,20,23-26,34-36H,2,5-6,9-17H2,1,3-4H3/t18?,20-,23+,24-,25+,26+,27+/m0/s1. The Morgan fingerprint density at radius 3 is 2.44 bits per heavy atom. The Labute approximate surface area is 214 Å². The maximum absolute atomic E-state index is 13.2. The quantitative estimate of drug-likeness (QED) is 0.473. The van der Waals surface area contributed by atoms with Gasteiger partial charge in [-0.1, -0.05) is 45.1 Å². The topological polar surface area (TPSA) is 63.9 Å². The molecule has 4 fully saturated rings. The molecule has 36 heavy (non-hydrogen) atoms. The van der Waals surface area contributed by atoms with Crippen molar-refractivity contribution in [1.29, 1.82) is 0 Å². The number of piperidine rings is 1. The van der Waals surface area contributed by atoms with E-state index < -0.39 is 24.0 Å². The molecule has 4 rings (SSSR count). The molecule has 3 N–H and O–H groups in total. The van der Waals surface area contributed by atoms with Crippen LogP contribution in [0.15, 0.2) is 35.5 Å². The first-order valence-corrected chi connectivity index (χ1v) is 13.7.